The Balaban J connectivity index is 1.73. The molecule has 1 amide bonds. The number of nitro benzene ring substituents is 1. The molecule has 0 bridgehead atoms. The lowest BCUT2D eigenvalue weighted by atomic mass is 10.1. The first-order chi connectivity index (χ1) is 14.0. The zero-order valence-corrected chi connectivity index (χ0v) is 16.0. The van der Waals surface area contributed by atoms with Gasteiger partial charge >= 0.3 is 5.97 Å². The molecule has 0 N–H and O–H groups in total. The van der Waals surface area contributed by atoms with Gasteiger partial charge in [0, 0.05) is 43.9 Å². The van der Waals surface area contributed by atoms with Gasteiger partial charge in [0.2, 0.25) is 0 Å². The number of esters is 1. The fourth-order valence-corrected chi connectivity index (χ4v) is 3.20. The summed E-state index contributed by atoms with van der Waals surface area (Å²) in [5.41, 5.74) is 1.62. The Morgan fingerprint density at radius 3 is 2.38 bits per heavy atom. The van der Waals surface area contributed by atoms with E-state index in [0.717, 1.165) is 0 Å². The second kappa shape index (κ2) is 9.01. The molecule has 8 heteroatoms. The smallest absolute Gasteiger partial charge is 0.330 e. The molecule has 1 fully saturated rings. The predicted molar refractivity (Wildman–Crippen MR) is 109 cm³/mol. The number of hydrogen-bond acceptors (Lipinski definition) is 6. The number of hydrogen-bond donors (Lipinski definition) is 0. The summed E-state index contributed by atoms with van der Waals surface area (Å²) >= 11 is 0. The van der Waals surface area contributed by atoms with Crippen LogP contribution in [0.1, 0.15) is 15.9 Å². The lowest BCUT2D eigenvalue weighted by molar-refractivity contribution is -0.384. The van der Waals surface area contributed by atoms with Gasteiger partial charge in [-0.15, -0.1) is 0 Å². The van der Waals surface area contributed by atoms with E-state index in [9.17, 15) is 19.7 Å². The van der Waals surface area contributed by atoms with Gasteiger partial charge in [0.15, 0.2) is 0 Å². The second-order valence-corrected chi connectivity index (χ2v) is 6.51. The van der Waals surface area contributed by atoms with Crippen molar-refractivity contribution in [2.75, 3.05) is 38.2 Å². The van der Waals surface area contributed by atoms with Crippen LogP contribution in [0.3, 0.4) is 0 Å². The second-order valence-electron chi connectivity index (χ2n) is 6.51. The number of amides is 1. The number of benzene rings is 2. The molecule has 8 nitrogen and oxygen atoms in total. The van der Waals surface area contributed by atoms with Gasteiger partial charge in [-0.25, -0.2) is 4.79 Å². The molecule has 0 aliphatic carbocycles. The molecule has 0 saturated carbocycles. The molecule has 0 unspecified atom stereocenters. The van der Waals surface area contributed by atoms with Gasteiger partial charge in [-0.2, -0.15) is 0 Å². The van der Waals surface area contributed by atoms with E-state index in [0.29, 0.717) is 43.0 Å². The third kappa shape index (κ3) is 4.78. The van der Waals surface area contributed by atoms with Crippen molar-refractivity contribution in [2.24, 2.45) is 0 Å². The molecule has 2 aromatic carbocycles. The molecule has 1 aliphatic rings. The summed E-state index contributed by atoms with van der Waals surface area (Å²) in [4.78, 5) is 38.6. The summed E-state index contributed by atoms with van der Waals surface area (Å²) in [6.45, 7) is 1.96. The van der Waals surface area contributed by atoms with Crippen LogP contribution in [0.25, 0.3) is 6.08 Å². The number of nitrogens with zero attached hydrogens (tertiary/aromatic N) is 3. The summed E-state index contributed by atoms with van der Waals surface area (Å²) in [5, 5.41) is 11.6. The molecule has 0 radical (unpaired) electrons. The van der Waals surface area contributed by atoms with Gasteiger partial charge in [-0.05, 0) is 29.8 Å². The molecule has 1 aliphatic heterocycles. The van der Waals surface area contributed by atoms with Crippen LogP contribution in [0.15, 0.2) is 54.6 Å². The Morgan fingerprint density at radius 2 is 1.76 bits per heavy atom. The van der Waals surface area contributed by atoms with Crippen LogP contribution >= 0.6 is 0 Å². The van der Waals surface area contributed by atoms with Gasteiger partial charge in [-0.1, -0.05) is 24.3 Å². The van der Waals surface area contributed by atoms with Crippen LogP contribution in [0.4, 0.5) is 11.4 Å². The standard InChI is InChI=1S/C21H21N3O5/c1-29-20(25)10-8-16-7-9-18(19(15-16)24(27)28)22-11-13-23(14-12-22)21(26)17-5-3-2-4-6-17/h2-10,15H,11-14H2,1H3/b10-8+. The highest BCUT2D eigenvalue weighted by Gasteiger charge is 2.26. The quantitative estimate of drug-likeness (QED) is 0.334. The number of nitro groups is 1. The average molecular weight is 395 g/mol. The minimum atomic E-state index is -0.532. The number of carbonyl (C=O) groups excluding carboxylic acids is 2. The predicted octanol–water partition coefficient (Wildman–Crippen LogP) is 2.74. The first-order valence-electron chi connectivity index (χ1n) is 9.13. The van der Waals surface area contributed by atoms with Crippen LogP contribution in [-0.2, 0) is 9.53 Å². The lowest BCUT2D eigenvalue weighted by Crippen LogP contribution is -2.48. The number of ether oxygens (including phenoxy) is 1. The largest absolute Gasteiger partial charge is 0.466 e. The molecular formula is C21H21N3O5. The molecule has 1 heterocycles. The number of methoxy groups -OCH3 is 1. The number of piperazine rings is 1. The maximum absolute atomic E-state index is 12.6. The topological polar surface area (TPSA) is 93.0 Å². The zero-order chi connectivity index (χ0) is 20.8. The fraction of sp³-hybridized carbons (Fsp3) is 0.238. The molecule has 1 saturated heterocycles. The molecule has 3 rings (SSSR count). The Labute approximate surface area is 168 Å². The molecular weight excluding hydrogens is 374 g/mol. The monoisotopic (exact) mass is 395 g/mol. The van der Waals surface area contributed by atoms with Crippen LogP contribution < -0.4 is 4.90 Å². The highest BCUT2D eigenvalue weighted by Crippen LogP contribution is 2.30. The van der Waals surface area contributed by atoms with Crippen LogP contribution in [0.5, 0.6) is 0 Å². The first-order valence-corrected chi connectivity index (χ1v) is 9.13. The fourth-order valence-electron chi connectivity index (χ4n) is 3.20. The molecule has 29 heavy (non-hydrogen) atoms. The summed E-state index contributed by atoms with van der Waals surface area (Å²) in [5.74, 6) is -0.570. The van der Waals surface area contributed by atoms with Crippen molar-refractivity contribution >= 4 is 29.3 Å². The van der Waals surface area contributed by atoms with Crippen molar-refractivity contribution in [1.29, 1.82) is 0 Å². The van der Waals surface area contributed by atoms with Gasteiger partial charge in [0.1, 0.15) is 5.69 Å². The van der Waals surface area contributed by atoms with E-state index < -0.39 is 10.9 Å². The lowest BCUT2D eigenvalue weighted by Gasteiger charge is -2.35. The van der Waals surface area contributed by atoms with Gasteiger partial charge in [-0.3, -0.25) is 14.9 Å². The third-order valence-corrected chi connectivity index (χ3v) is 4.74. The minimum Gasteiger partial charge on any atom is -0.466 e. The Hall–Kier alpha value is -3.68. The van der Waals surface area contributed by atoms with E-state index in [-0.39, 0.29) is 11.6 Å². The van der Waals surface area contributed by atoms with E-state index in [1.807, 2.05) is 23.1 Å². The van der Waals surface area contributed by atoms with E-state index in [1.165, 1.54) is 25.3 Å². The van der Waals surface area contributed by atoms with Crippen molar-refractivity contribution in [2.45, 2.75) is 0 Å². The van der Waals surface area contributed by atoms with Crippen LogP contribution in [0, 0.1) is 10.1 Å². The van der Waals surface area contributed by atoms with Crippen LogP contribution in [0.2, 0.25) is 0 Å². The number of carbonyl (C=O) groups is 2. The third-order valence-electron chi connectivity index (χ3n) is 4.74. The minimum absolute atomic E-state index is 0.0388. The van der Waals surface area contributed by atoms with E-state index in [4.69, 9.17) is 0 Å². The summed E-state index contributed by atoms with van der Waals surface area (Å²) in [6, 6.07) is 13.9. The number of rotatable bonds is 5. The Morgan fingerprint density at radius 1 is 1.07 bits per heavy atom. The van der Waals surface area contributed by atoms with Crippen LogP contribution in [-0.4, -0.2) is 55.0 Å². The summed E-state index contributed by atoms with van der Waals surface area (Å²) < 4.78 is 4.53. The maximum Gasteiger partial charge on any atom is 0.330 e. The van der Waals surface area contributed by atoms with Gasteiger partial charge < -0.3 is 14.5 Å². The van der Waals surface area contributed by atoms with E-state index in [1.54, 1.807) is 29.2 Å². The SMILES string of the molecule is COC(=O)/C=C/c1ccc(N2CCN(C(=O)c3ccccc3)CC2)c([N+](=O)[O-])c1. The Bertz CT molecular complexity index is 935. The zero-order valence-electron chi connectivity index (χ0n) is 16.0. The van der Waals surface area contributed by atoms with Crippen molar-refractivity contribution in [3.8, 4) is 0 Å². The molecule has 0 atom stereocenters. The van der Waals surface area contributed by atoms with Gasteiger partial charge in [0.05, 0.1) is 12.0 Å². The van der Waals surface area contributed by atoms with E-state index in [2.05, 4.69) is 4.74 Å². The van der Waals surface area contributed by atoms with Crippen molar-refractivity contribution in [1.82, 2.24) is 4.90 Å². The molecule has 2 aromatic rings. The highest BCUT2D eigenvalue weighted by molar-refractivity contribution is 5.94. The van der Waals surface area contributed by atoms with Gasteiger partial charge in [0.25, 0.3) is 11.6 Å². The average Bonchev–Trinajstić information content (AvgIpc) is 2.77. The summed E-state index contributed by atoms with van der Waals surface area (Å²) in [6.07, 6.45) is 2.69. The molecule has 0 spiro atoms. The maximum atomic E-state index is 12.6. The van der Waals surface area contributed by atoms with Crippen molar-refractivity contribution < 1.29 is 19.2 Å². The highest BCUT2D eigenvalue weighted by atomic mass is 16.6. The summed E-state index contributed by atoms with van der Waals surface area (Å²) in [7, 11) is 1.26. The number of anilines is 1. The van der Waals surface area contributed by atoms with Crippen molar-refractivity contribution in [3.05, 3.63) is 75.8 Å². The first kappa shape index (κ1) is 20.1. The molecule has 0 aromatic heterocycles. The van der Waals surface area contributed by atoms with Crippen molar-refractivity contribution in [3.63, 3.8) is 0 Å². The normalized spacial score (nSPS) is 14.1. The Kier molecular flexibility index (Phi) is 6.23. The van der Waals surface area contributed by atoms with E-state index >= 15 is 0 Å². The molecule has 150 valence electrons.